The summed E-state index contributed by atoms with van der Waals surface area (Å²) >= 11 is 0. The Morgan fingerprint density at radius 2 is 1.89 bits per heavy atom. The molecule has 8 nitrogen and oxygen atoms in total. The van der Waals surface area contributed by atoms with E-state index in [1.54, 1.807) is 27.7 Å². The van der Waals surface area contributed by atoms with Gasteiger partial charge in [-0.05, 0) is 52.9 Å². The summed E-state index contributed by atoms with van der Waals surface area (Å²) in [5.41, 5.74) is -1.19. The van der Waals surface area contributed by atoms with Gasteiger partial charge in [0, 0.05) is 6.54 Å². The minimum absolute atomic E-state index is 0.0180. The molecular formula is C20H33N3O5. The third kappa shape index (κ3) is 5.45. The van der Waals surface area contributed by atoms with E-state index in [2.05, 4.69) is 5.32 Å². The number of nitrogens with zero attached hydrogens (tertiary/aromatic N) is 2. The molecule has 1 fully saturated rings. The predicted molar refractivity (Wildman–Crippen MR) is 105 cm³/mol. The molecule has 0 saturated heterocycles. The van der Waals surface area contributed by atoms with E-state index in [0.29, 0.717) is 32.4 Å². The van der Waals surface area contributed by atoms with Gasteiger partial charge in [0.2, 0.25) is 11.9 Å². The molecule has 158 valence electrons. The van der Waals surface area contributed by atoms with Gasteiger partial charge in [0.05, 0.1) is 24.5 Å². The SMILES string of the molecule is CCOC(=O)[C@@H]1C[C@H]1CN1C(=O)CC(CC)(CC)N=C1NC(=O)OC(C)(C)C. The van der Waals surface area contributed by atoms with Gasteiger partial charge in [0.15, 0.2) is 0 Å². The zero-order valence-electron chi connectivity index (χ0n) is 17.8. The highest BCUT2D eigenvalue weighted by Gasteiger charge is 2.48. The van der Waals surface area contributed by atoms with E-state index in [4.69, 9.17) is 14.5 Å². The van der Waals surface area contributed by atoms with Crippen LogP contribution in [0.2, 0.25) is 0 Å². The number of amides is 2. The molecule has 0 aromatic carbocycles. The van der Waals surface area contributed by atoms with Crippen LogP contribution >= 0.6 is 0 Å². The van der Waals surface area contributed by atoms with Crippen molar-refractivity contribution in [3.05, 3.63) is 0 Å². The molecule has 1 heterocycles. The fourth-order valence-electron chi connectivity index (χ4n) is 3.38. The quantitative estimate of drug-likeness (QED) is 0.698. The number of ether oxygens (including phenoxy) is 2. The summed E-state index contributed by atoms with van der Waals surface area (Å²) in [5, 5.41) is 2.66. The van der Waals surface area contributed by atoms with E-state index in [0.717, 1.165) is 0 Å². The van der Waals surface area contributed by atoms with Gasteiger partial charge in [-0.25, -0.2) is 9.79 Å². The third-order valence-corrected chi connectivity index (χ3v) is 5.24. The smallest absolute Gasteiger partial charge is 0.414 e. The minimum atomic E-state index is -0.660. The van der Waals surface area contributed by atoms with Gasteiger partial charge in [-0.3, -0.25) is 19.8 Å². The Morgan fingerprint density at radius 3 is 2.43 bits per heavy atom. The van der Waals surface area contributed by atoms with Crippen LogP contribution in [0.4, 0.5) is 4.79 Å². The molecule has 2 atom stereocenters. The molecule has 1 saturated carbocycles. The van der Waals surface area contributed by atoms with Gasteiger partial charge in [-0.15, -0.1) is 0 Å². The van der Waals surface area contributed by atoms with Gasteiger partial charge in [0.1, 0.15) is 5.60 Å². The average molecular weight is 396 g/mol. The van der Waals surface area contributed by atoms with Crippen molar-refractivity contribution in [2.24, 2.45) is 16.8 Å². The molecule has 1 aliphatic carbocycles. The number of guanidine groups is 1. The summed E-state index contributed by atoms with van der Waals surface area (Å²) in [6, 6.07) is 0. The lowest BCUT2D eigenvalue weighted by Gasteiger charge is -2.37. The maximum absolute atomic E-state index is 12.9. The van der Waals surface area contributed by atoms with Crippen LogP contribution in [0.1, 0.15) is 67.2 Å². The van der Waals surface area contributed by atoms with Crippen LogP contribution in [0.5, 0.6) is 0 Å². The molecule has 0 bridgehead atoms. The standard InChI is InChI=1S/C20H33N3O5/c1-7-20(8-2)11-15(24)23(12-13-10-14(13)16(25)27-9-3)17(22-20)21-18(26)28-19(4,5)6/h13-14H,7-12H2,1-6H3,(H,21,22,26)/t13-,14+/m0/s1. The lowest BCUT2D eigenvalue weighted by Crippen LogP contribution is -2.55. The highest BCUT2D eigenvalue weighted by atomic mass is 16.6. The molecule has 1 aliphatic heterocycles. The van der Waals surface area contributed by atoms with Gasteiger partial charge in [-0.1, -0.05) is 13.8 Å². The minimum Gasteiger partial charge on any atom is -0.466 e. The maximum Gasteiger partial charge on any atom is 0.414 e. The zero-order valence-corrected chi connectivity index (χ0v) is 17.8. The fraction of sp³-hybridized carbons (Fsp3) is 0.800. The first kappa shape index (κ1) is 22.2. The Bertz CT molecular complexity index is 649. The molecule has 0 aromatic heterocycles. The molecule has 0 unspecified atom stereocenters. The van der Waals surface area contributed by atoms with Crippen molar-refractivity contribution in [2.75, 3.05) is 13.2 Å². The molecular weight excluding hydrogens is 362 g/mol. The number of carbonyl (C=O) groups is 3. The van der Waals surface area contributed by atoms with Crippen LogP contribution in [-0.2, 0) is 19.1 Å². The first-order chi connectivity index (χ1) is 13.0. The Morgan fingerprint density at radius 1 is 1.25 bits per heavy atom. The largest absolute Gasteiger partial charge is 0.466 e. The van der Waals surface area contributed by atoms with E-state index in [9.17, 15) is 14.4 Å². The van der Waals surface area contributed by atoms with Crippen molar-refractivity contribution in [1.82, 2.24) is 10.2 Å². The Hall–Kier alpha value is -2.12. The van der Waals surface area contributed by atoms with E-state index < -0.39 is 17.2 Å². The van der Waals surface area contributed by atoms with Crippen LogP contribution in [0.15, 0.2) is 4.99 Å². The number of hydrogen-bond donors (Lipinski definition) is 1. The third-order valence-electron chi connectivity index (χ3n) is 5.24. The van der Waals surface area contributed by atoms with Crippen molar-refractivity contribution in [2.45, 2.75) is 78.4 Å². The van der Waals surface area contributed by atoms with Crippen molar-refractivity contribution in [3.8, 4) is 0 Å². The van der Waals surface area contributed by atoms with E-state index in [1.807, 2.05) is 13.8 Å². The Kier molecular flexibility index (Phi) is 6.72. The van der Waals surface area contributed by atoms with E-state index >= 15 is 0 Å². The molecule has 8 heteroatoms. The van der Waals surface area contributed by atoms with Crippen molar-refractivity contribution in [1.29, 1.82) is 0 Å². The molecule has 0 aromatic rings. The summed E-state index contributed by atoms with van der Waals surface area (Å²) < 4.78 is 10.4. The summed E-state index contributed by atoms with van der Waals surface area (Å²) in [6.45, 7) is 11.7. The summed E-state index contributed by atoms with van der Waals surface area (Å²) in [5.74, 6) is -0.293. The molecule has 0 spiro atoms. The number of nitrogens with one attached hydrogen (secondary N) is 1. The van der Waals surface area contributed by atoms with Crippen molar-refractivity contribution >= 4 is 23.9 Å². The monoisotopic (exact) mass is 395 g/mol. The lowest BCUT2D eigenvalue weighted by atomic mass is 9.88. The van der Waals surface area contributed by atoms with E-state index in [-0.39, 0.29) is 36.1 Å². The maximum atomic E-state index is 12.9. The van der Waals surface area contributed by atoms with Crippen LogP contribution in [0.3, 0.4) is 0 Å². The predicted octanol–water partition coefficient (Wildman–Crippen LogP) is 2.86. The van der Waals surface area contributed by atoms with Crippen LogP contribution in [0, 0.1) is 11.8 Å². The van der Waals surface area contributed by atoms with Crippen LogP contribution in [-0.4, -0.2) is 53.1 Å². The molecule has 28 heavy (non-hydrogen) atoms. The summed E-state index contributed by atoms with van der Waals surface area (Å²) in [6.07, 6.45) is 1.70. The van der Waals surface area contributed by atoms with Crippen molar-refractivity contribution < 1.29 is 23.9 Å². The lowest BCUT2D eigenvalue weighted by molar-refractivity contribution is -0.145. The number of carbonyl (C=O) groups excluding carboxylic acids is 3. The second kappa shape index (κ2) is 8.49. The molecule has 2 aliphatic rings. The number of esters is 1. The van der Waals surface area contributed by atoms with Gasteiger partial charge in [-0.2, -0.15) is 0 Å². The average Bonchev–Trinajstić information content (AvgIpc) is 3.35. The second-order valence-electron chi connectivity index (χ2n) is 8.53. The highest BCUT2D eigenvalue weighted by Crippen LogP contribution is 2.41. The molecule has 2 amide bonds. The van der Waals surface area contributed by atoms with Gasteiger partial charge in [0.25, 0.3) is 0 Å². The van der Waals surface area contributed by atoms with Gasteiger partial charge >= 0.3 is 12.1 Å². The summed E-state index contributed by atoms with van der Waals surface area (Å²) in [4.78, 5) is 43.3. The zero-order chi connectivity index (χ0) is 21.1. The number of alkyl carbamates (subject to hydrolysis) is 1. The van der Waals surface area contributed by atoms with E-state index in [1.165, 1.54) is 4.90 Å². The van der Waals surface area contributed by atoms with Gasteiger partial charge < -0.3 is 9.47 Å². The summed E-state index contributed by atoms with van der Waals surface area (Å²) in [7, 11) is 0. The first-order valence-electron chi connectivity index (χ1n) is 10.1. The van der Waals surface area contributed by atoms with Crippen molar-refractivity contribution in [3.63, 3.8) is 0 Å². The number of aliphatic imine (C=N–C) groups is 1. The van der Waals surface area contributed by atoms with Crippen LogP contribution in [0.25, 0.3) is 0 Å². The topological polar surface area (TPSA) is 97.3 Å². The Balaban J connectivity index is 2.18. The Labute approximate surface area is 167 Å². The van der Waals surface area contributed by atoms with Crippen LogP contribution < -0.4 is 5.32 Å². The number of hydrogen-bond acceptors (Lipinski definition) is 6. The molecule has 2 rings (SSSR count). The number of rotatable bonds is 6. The fourth-order valence-corrected chi connectivity index (χ4v) is 3.38. The molecule has 1 N–H and O–H groups in total. The molecule has 0 radical (unpaired) electrons. The second-order valence-corrected chi connectivity index (χ2v) is 8.53. The first-order valence-corrected chi connectivity index (χ1v) is 10.1. The normalized spacial score (nSPS) is 23.7. The highest BCUT2D eigenvalue weighted by molar-refractivity contribution is 6.05.